The second-order valence-electron chi connectivity index (χ2n) is 6.87. The highest BCUT2D eigenvalue weighted by Crippen LogP contribution is 2.15. The minimum absolute atomic E-state index is 0.147. The first-order valence-corrected chi connectivity index (χ1v) is 10.1. The number of carbonyl (C=O) groups excluding carboxylic acids is 2. The van der Waals surface area contributed by atoms with Crippen LogP contribution in [0, 0.1) is 0 Å². The number of rotatable bonds is 8. The Hall–Kier alpha value is -3.90. The number of ketones is 1. The second kappa shape index (κ2) is 10.9. The van der Waals surface area contributed by atoms with Gasteiger partial charge in [-0.15, -0.1) is 0 Å². The summed E-state index contributed by atoms with van der Waals surface area (Å²) < 4.78 is 5.47. The van der Waals surface area contributed by atoms with Gasteiger partial charge >= 0.3 is 0 Å². The molecule has 3 rings (SSSR count). The molecular weight excluding hydrogens is 428 g/mol. The summed E-state index contributed by atoms with van der Waals surface area (Å²) in [6, 6.07) is 20.6. The average molecular weight is 449 g/mol. The van der Waals surface area contributed by atoms with Crippen LogP contribution in [0.5, 0.6) is 5.75 Å². The first kappa shape index (κ1) is 22.8. The van der Waals surface area contributed by atoms with E-state index in [1.54, 1.807) is 73.7 Å². The van der Waals surface area contributed by atoms with Crippen LogP contribution >= 0.6 is 11.6 Å². The standard InChI is InChI=1S/C25H21ClN2O4/c1-17(28-31)19-7-13-23(14-8-19)32-16-25(30)27-22-11-5-20(6-12-22)24(29)15-4-18-2-9-21(26)10-3-18/h2-15,31H,16H2,1H3,(H,27,30)/b15-4+,28-17-. The minimum Gasteiger partial charge on any atom is -0.484 e. The van der Waals surface area contributed by atoms with E-state index in [-0.39, 0.29) is 18.3 Å². The molecule has 0 bridgehead atoms. The van der Waals surface area contributed by atoms with Gasteiger partial charge in [-0.05, 0) is 84.8 Å². The maximum Gasteiger partial charge on any atom is 0.262 e. The Kier molecular flexibility index (Phi) is 7.78. The molecule has 162 valence electrons. The van der Waals surface area contributed by atoms with Crippen molar-refractivity contribution in [2.24, 2.45) is 5.16 Å². The molecule has 2 N–H and O–H groups in total. The third-order valence-electron chi connectivity index (χ3n) is 4.54. The molecule has 0 radical (unpaired) electrons. The Morgan fingerprint density at radius 1 is 0.969 bits per heavy atom. The average Bonchev–Trinajstić information content (AvgIpc) is 2.82. The van der Waals surface area contributed by atoms with Gasteiger partial charge in [0, 0.05) is 16.3 Å². The van der Waals surface area contributed by atoms with Gasteiger partial charge in [-0.25, -0.2) is 0 Å². The molecule has 0 unspecified atom stereocenters. The number of anilines is 1. The highest BCUT2D eigenvalue weighted by molar-refractivity contribution is 6.30. The van der Waals surface area contributed by atoms with E-state index >= 15 is 0 Å². The lowest BCUT2D eigenvalue weighted by Gasteiger charge is -2.08. The summed E-state index contributed by atoms with van der Waals surface area (Å²) in [5, 5.41) is 15.3. The van der Waals surface area contributed by atoms with E-state index in [2.05, 4.69) is 10.5 Å². The van der Waals surface area contributed by atoms with Crippen LogP contribution in [0.25, 0.3) is 6.08 Å². The molecule has 0 aliphatic heterocycles. The van der Waals surface area contributed by atoms with Crippen LogP contribution in [0.15, 0.2) is 84.0 Å². The Morgan fingerprint density at radius 2 is 1.59 bits per heavy atom. The van der Waals surface area contributed by atoms with Crippen molar-refractivity contribution in [2.75, 3.05) is 11.9 Å². The minimum atomic E-state index is -0.330. The van der Waals surface area contributed by atoms with Crippen LogP contribution in [0.4, 0.5) is 5.69 Å². The molecule has 0 spiro atoms. The summed E-state index contributed by atoms with van der Waals surface area (Å²) in [6.45, 7) is 1.51. The summed E-state index contributed by atoms with van der Waals surface area (Å²) in [7, 11) is 0. The van der Waals surface area contributed by atoms with Crippen molar-refractivity contribution in [3.8, 4) is 5.75 Å². The van der Waals surface area contributed by atoms with Crippen molar-refractivity contribution in [1.29, 1.82) is 0 Å². The smallest absolute Gasteiger partial charge is 0.262 e. The molecule has 1 amide bonds. The van der Waals surface area contributed by atoms with Crippen molar-refractivity contribution < 1.29 is 19.5 Å². The summed E-state index contributed by atoms with van der Waals surface area (Å²) in [5.41, 5.74) is 3.17. The fourth-order valence-corrected chi connectivity index (χ4v) is 2.88. The largest absolute Gasteiger partial charge is 0.484 e. The monoisotopic (exact) mass is 448 g/mol. The summed E-state index contributed by atoms with van der Waals surface area (Å²) in [4.78, 5) is 24.5. The Bertz CT molecular complexity index is 1140. The van der Waals surface area contributed by atoms with Crippen LogP contribution in [0.3, 0.4) is 0 Å². The van der Waals surface area contributed by atoms with Crippen molar-refractivity contribution in [3.63, 3.8) is 0 Å². The maximum absolute atomic E-state index is 12.3. The summed E-state index contributed by atoms with van der Waals surface area (Å²) >= 11 is 5.85. The van der Waals surface area contributed by atoms with Gasteiger partial charge < -0.3 is 15.3 Å². The lowest BCUT2D eigenvalue weighted by molar-refractivity contribution is -0.118. The van der Waals surface area contributed by atoms with Crippen LogP contribution in [-0.2, 0) is 4.79 Å². The first-order chi connectivity index (χ1) is 15.4. The summed E-state index contributed by atoms with van der Waals surface area (Å²) in [5.74, 6) is 0.0398. The molecule has 7 heteroatoms. The highest BCUT2D eigenvalue weighted by Gasteiger charge is 2.07. The van der Waals surface area contributed by atoms with E-state index in [0.29, 0.717) is 27.7 Å². The molecule has 0 heterocycles. The topological polar surface area (TPSA) is 88.0 Å². The van der Waals surface area contributed by atoms with E-state index in [0.717, 1.165) is 11.1 Å². The van der Waals surface area contributed by atoms with E-state index in [1.165, 1.54) is 6.08 Å². The second-order valence-corrected chi connectivity index (χ2v) is 7.31. The normalized spacial score (nSPS) is 11.4. The van der Waals surface area contributed by atoms with Gasteiger partial charge in [0.1, 0.15) is 5.75 Å². The number of ether oxygens (including phenoxy) is 1. The number of oxime groups is 1. The molecule has 0 atom stereocenters. The number of hydrogen-bond donors (Lipinski definition) is 2. The van der Waals surface area contributed by atoms with Crippen LogP contribution < -0.4 is 10.1 Å². The molecule has 0 aliphatic carbocycles. The van der Waals surface area contributed by atoms with Gasteiger partial charge in [0.05, 0.1) is 5.71 Å². The number of halogens is 1. The van der Waals surface area contributed by atoms with Crippen LogP contribution in [0.1, 0.15) is 28.4 Å². The van der Waals surface area contributed by atoms with E-state index in [1.807, 2.05) is 12.1 Å². The molecule has 0 saturated heterocycles. The number of carbonyl (C=O) groups is 2. The Morgan fingerprint density at radius 3 is 2.22 bits per heavy atom. The number of benzene rings is 3. The Balaban J connectivity index is 1.50. The van der Waals surface area contributed by atoms with Gasteiger partial charge in [0.25, 0.3) is 5.91 Å². The quantitative estimate of drug-likeness (QED) is 0.158. The molecule has 0 aliphatic rings. The van der Waals surface area contributed by atoms with Gasteiger partial charge in [-0.1, -0.05) is 35.0 Å². The van der Waals surface area contributed by atoms with Gasteiger partial charge in [0.2, 0.25) is 0 Å². The fourth-order valence-electron chi connectivity index (χ4n) is 2.76. The molecule has 3 aromatic carbocycles. The number of nitrogens with one attached hydrogen (secondary N) is 1. The predicted molar refractivity (Wildman–Crippen MR) is 126 cm³/mol. The lowest BCUT2D eigenvalue weighted by atomic mass is 10.1. The zero-order valence-corrected chi connectivity index (χ0v) is 18.0. The zero-order valence-electron chi connectivity index (χ0n) is 17.3. The van der Waals surface area contributed by atoms with Gasteiger partial charge in [-0.2, -0.15) is 0 Å². The molecule has 32 heavy (non-hydrogen) atoms. The number of allylic oxidation sites excluding steroid dienone is 1. The van der Waals surface area contributed by atoms with Crippen molar-refractivity contribution in [2.45, 2.75) is 6.92 Å². The maximum atomic E-state index is 12.3. The Labute approximate surface area is 190 Å². The molecule has 0 saturated carbocycles. The fraction of sp³-hybridized carbons (Fsp3) is 0.0800. The predicted octanol–water partition coefficient (Wildman–Crippen LogP) is 5.45. The SMILES string of the molecule is C/C(=N/O)c1ccc(OCC(=O)Nc2ccc(C(=O)/C=C/c3ccc(Cl)cc3)cc2)cc1. The number of amides is 1. The van der Waals surface area contributed by atoms with Crippen LogP contribution in [-0.4, -0.2) is 29.2 Å². The summed E-state index contributed by atoms with van der Waals surface area (Å²) in [6.07, 6.45) is 3.21. The van der Waals surface area contributed by atoms with Gasteiger partial charge in [-0.3, -0.25) is 9.59 Å². The van der Waals surface area contributed by atoms with Crippen molar-refractivity contribution in [3.05, 3.63) is 101 Å². The lowest BCUT2D eigenvalue weighted by Crippen LogP contribution is -2.20. The molecular formula is C25H21ClN2O4. The molecule has 6 nitrogen and oxygen atoms in total. The number of nitrogens with zero attached hydrogens (tertiary/aromatic N) is 1. The van der Waals surface area contributed by atoms with E-state index in [4.69, 9.17) is 21.5 Å². The van der Waals surface area contributed by atoms with Crippen molar-refractivity contribution >= 4 is 40.8 Å². The molecule has 0 fully saturated rings. The van der Waals surface area contributed by atoms with Crippen molar-refractivity contribution in [1.82, 2.24) is 0 Å². The zero-order chi connectivity index (χ0) is 22.9. The highest BCUT2D eigenvalue weighted by atomic mass is 35.5. The van der Waals surface area contributed by atoms with E-state index in [9.17, 15) is 9.59 Å². The van der Waals surface area contributed by atoms with Crippen LogP contribution in [0.2, 0.25) is 5.02 Å². The number of hydrogen-bond acceptors (Lipinski definition) is 5. The molecule has 3 aromatic rings. The van der Waals surface area contributed by atoms with Gasteiger partial charge in [0.15, 0.2) is 12.4 Å². The first-order valence-electron chi connectivity index (χ1n) is 9.74. The third-order valence-corrected chi connectivity index (χ3v) is 4.79. The van der Waals surface area contributed by atoms with E-state index < -0.39 is 0 Å². The third kappa shape index (κ3) is 6.55. The molecule has 0 aromatic heterocycles.